The van der Waals surface area contributed by atoms with E-state index in [1.54, 1.807) is 7.11 Å². The van der Waals surface area contributed by atoms with E-state index in [1.165, 1.54) is 0 Å². The standard InChI is InChI=1S/C16H27N3O2.HI/c1-11(2)21-15-8-12(3)6-7-14(15)9-18-16(17)19-13(4)10-20-5;/h6-8,11,13H,9-10H2,1-5H3,(H3,17,18,19);1H. The summed E-state index contributed by atoms with van der Waals surface area (Å²) in [4.78, 5) is 4.36. The minimum absolute atomic E-state index is 0. The summed E-state index contributed by atoms with van der Waals surface area (Å²) in [7, 11) is 1.66. The fourth-order valence-corrected chi connectivity index (χ4v) is 1.92. The maximum atomic E-state index is 5.88. The number of guanidine groups is 1. The summed E-state index contributed by atoms with van der Waals surface area (Å²) in [5.41, 5.74) is 8.07. The van der Waals surface area contributed by atoms with Crippen molar-refractivity contribution in [3.63, 3.8) is 0 Å². The molecule has 1 aromatic carbocycles. The van der Waals surface area contributed by atoms with E-state index in [1.807, 2.05) is 39.8 Å². The molecule has 0 spiro atoms. The largest absolute Gasteiger partial charge is 0.491 e. The number of aryl methyl sites for hydroxylation is 1. The van der Waals surface area contributed by atoms with E-state index in [0.29, 0.717) is 19.1 Å². The third-order valence-corrected chi connectivity index (χ3v) is 2.82. The molecule has 0 aromatic heterocycles. The quantitative estimate of drug-likeness (QED) is 0.404. The minimum Gasteiger partial charge on any atom is -0.491 e. The van der Waals surface area contributed by atoms with Gasteiger partial charge in [0.1, 0.15) is 5.75 Å². The number of nitrogens with zero attached hydrogens (tertiary/aromatic N) is 1. The molecule has 0 bridgehead atoms. The van der Waals surface area contributed by atoms with Gasteiger partial charge < -0.3 is 20.5 Å². The fourth-order valence-electron chi connectivity index (χ4n) is 1.92. The molecule has 0 saturated carbocycles. The second-order valence-electron chi connectivity index (χ2n) is 5.48. The molecule has 0 radical (unpaired) electrons. The molecule has 0 heterocycles. The first-order valence-electron chi connectivity index (χ1n) is 7.24. The SMILES string of the molecule is COCC(C)NC(N)=NCc1ccc(C)cc1OC(C)C.I. The second kappa shape index (κ2) is 10.7. The number of hydrogen-bond acceptors (Lipinski definition) is 3. The molecule has 0 saturated heterocycles. The van der Waals surface area contributed by atoms with Crippen molar-refractivity contribution in [2.45, 2.75) is 46.4 Å². The molecule has 0 fully saturated rings. The van der Waals surface area contributed by atoms with Crippen LogP contribution in [0.3, 0.4) is 0 Å². The molecule has 126 valence electrons. The highest BCUT2D eigenvalue weighted by molar-refractivity contribution is 14.0. The molecule has 1 unspecified atom stereocenters. The van der Waals surface area contributed by atoms with E-state index in [0.717, 1.165) is 16.9 Å². The van der Waals surface area contributed by atoms with Gasteiger partial charge in [-0.3, -0.25) is 0 Å². The summed E-state index contributed by atoms with van der Waals surface area (Å²) in [5, 5.41) is 3.08. The maximum absolute atomic E-state index is 5.88. The van der Waals surface area contributed by atoms with Crippen molar-refractivity contribution in [3.05, 3.63) is 29.3 Å². The predicted molar refractivity (Wildman–Crippen MR) is 102 cm³/mol. The highest BCUT2D eigenvalue weighted by Gasteiger charge is 2.07. The molecule has 22 heavy (non-hydrogen) atoms. The lowest BCUT2D eigenvalue weighted by Crippen LogP contribution is -2.40. The Hall–Kier alpha value is -1.02. The van der Waals surface area contributed by atoms with Gasteiger partial charge in [-0.2, -0.15) is 0 Å². The number of ether oxygens (including phenoxy) is 2. The first kappa shape index (κ1) is 21.0. The Morgan fingerprint density at radius 1 is 1.32 bits per heavy atom. The van der Waals surface area contributed by atoms with Gasteiger partial charge in [-0.25, -0.2) is 4.99 Å². The first-order valence-corrected chi connectivity index (χ1v) is 7.24. The number of aliphatic imine (C=N–C) groups is 1. The Bertz CT molecular complexity index is 478. The highest BCUT2D eigenvalue weighted by Crippen LogP contribution is 2.22. The van der Waals surface area contributed by atoms with Gasteiger partial charge in [0.2, 0.25) is 0 Å². The number of rotatable bonds is 7. The van der Waals surface area contributed by atoms with Crippen LogP contribution in [0.4, 0.5) is 0 Å². The van der Waals surface area contributed by atoms with Crippen molar-refractivity contribution >= 4 is 29.9 Å². The molecule has 0 aliphatic heterocycles. The molecule has 5 nitrogen and oxygen atoms in total. The Morgan fingerprint density at radius 3 is 2.59 bits per heavy atom. The summed E-state index contributed by atoms with van der Waals surface area (Å²) < 4.78 is 10.9. The van der Waals surface area contributed by atoms with E-state index in [4.69, 9.17) is 15.2 Å². The third-order valence-electron chi connectivity index (χ3n) is 2.82. The van der Waals surface area contributed by atoms with Crippen LogP contribution in [-0.4, -0.2) is 31.8 Å². The van der Waals surface area contributed by atoms with Crippen molar-refractivity contribution in [3.8, 4) is 5.75 Å². The summed E-state index contributed by atoms with van der Waals surface area (Å²) in [5.74, 6) is 1.28. The molecule has 6 heteroatoms. The van der Waals surface area contributed by atoms with Crippen LogP contribution in [0.25, 0.3) is 0 Å². The molecule has 0 aliphatic carbocycles. The number of nitrogens with one attached hydrogen (secondary N) is 1. The zero-order chi connectivity index (χ0) is 15.8. The topological polar surface area (TPSA) is 68.9 Å². The number of halogens is 1. The van der Waals surface area contributed by atoms with Gasteiger partial charge in [-0.05, 0) is 39.3 Å². The summed E-state index contributed by atoms with van der Waals surface area (Å²) in [6.45, 7) is 9.13. The molecule has 0 amide bonds. The molecule has 1 atom stereocenters. The van der Waals surface area contributed by atoms with Gasteiger partial charge in [-0.15, -0.1) is 24.0 Å². The van der Waals surface area contributed by atoms with E-state index in [-0.39, 0.29) is 36.1 Å². The minimum atomic E-state index is 0. The lowest BCUT2D eigenvalue weighted by Gasteiger charge is -2.15. The second-order valence-corrected chi connectivity index (χ2v) is 5.48. The van der Waals surface area contributed by atoms with Crippen LogP contribution in [0.15, 0.2) is 23.2 Å². The first-order chi connectivity index (χ1) is 9.92. The van der Waals surface area contributed by atoms with Crippen molar-refractivity contribution < 1.29 is 9.47 Å². The average Bonchev–Trinajstić information content (AvgIpc) is 2.37. The smallest absolute Gasteiger partial charge is 0.189 e. The zero-order valence-electron chi connectivity index (χ0n) is 14.1. The summed E-state index contributed by atoms with van der Waals surface area (Å²) >= 11 is 0. The lowest BCUT2D eigenvalue weighted by molar-refractivity contribution is 0.179. The zero-order valence-corrected chi connectivity index (χ0v) is 16.4. The van der Waals surface area contributed by atoms with Gasteiger partial charge in [0, 0.05) is 18.7 Å². The molecule has 0 aliphatic rings. The summed E-state index contributed by atoms with van der Waals surface area (Å²) in [6.07, 6.45) is 0.131. The average molecular weight is 421 g/mol. The lowest BCUT2D eigenvalue weighted by atomic mass is 10.1. The van der Waals surface area contributed by atoms with Crippen LogP contribution in [0, 0.1) is 6.92 Å². The molecule has 3 N–H and O–H groups in total. The highest BCUT2D eigenvalue weighted by atomic mass is 127. The van der Waals surface area contributed by atoms with Gasteiger partial charge >= 0.3 is 0 Å². The van der Waals surface area contributed by atoms with Gasteiger partial charge in [0.05, 0.1) is 19.3 Å². The number of benzene rings is 1. The Kier molecular flexibility index (Phi) is 10.2. The van der Waals surface area contributed by atoms with Crippen molar-refractivity contribution in [1.82, 2.24) is 5.32 Å². The normalized spacial score (nSPS) is 12.7. The Morgan fingerprint density at radius 2 is 2.00 bits per heavy atom. The molecule has 1 aromatic rings. The van der Waals surface area contributed by atoms with Crippen LogP contribution in [0.2, 0.25) is 0 Å². The molecule has 1 rings (SSSR count). The monoisotopic (exact) mass is 421 g/mol. The molecular formula is C16H28IN3O2. The number of nitrogens with two attached hydrogens (primary N) is 1. The van der Waals surface area contributed by atoms with E-state index in [9.17, 15) is 0 Å². The predicted octanol–water partition coefficient (Wildman–Crippen LogP) is 2.84. The van der Waals surface area contributed by atoms with Gasteiger partial charge in [0.25, 0.3) is 0 Å². The van der Waals surface area contributed by atoms with Crippen LogP contribution in [0.1, 0.15) is 31.9 Å². The van der Waals surface area contributed by atoms with Gasteiger partial charge in [0.15, 0.2) is 5.96 Å². The van der Waals surface area contributed by atoms with E-state index < -0.39 is 0 Å². The Labute approximate surface area is 150 Å². The Balaban J connectivity index is 0.00000441. The van der Waals surface area contributed by atoms with Crippen LogP contribution in [-0.2, 0) is 11.3 Å². The van der Waals surface area contributed by atoms with E-state index in [2.05, 4.69) is 16.4 Å². The van der Waals surface area contributed by atoms with Crippen LogP contribution < -0.4 is 15.8 Å². The molecular weight excluding hydrogens is 393 g/mol. The van der Waals surface area contributed by atoms with Gasteiger partial charge in [-0.1, -0.05) is 12.1 Å². The maximum Gasteiger partial charge on any atom is 0.189 e. The fraction of sp³-hybridized carbons (Fsp3) is 0.562. The summed E-state index contributed by atoms with van der Waals surface area (Å²) in [6, 6.07) is 6.24. The van der Waals surface area contributed by atoms with Crippen molar-refractivity contribution in [2.75, 3.05) is 13.7 Å². The third kappa shape index (κ3) is 7.84. The van der Waals surface area contributed by atoms with Crippen LogP contribution >= 0.6 is 24.0 Å². The van der Waals surface area contributed by atoms with Crippen molar-refractivity contribution in [2.24, 2.45) is 10.7 Å². The number of hydrogen-bond donors (Lipinski definition) is 2. The van der Waals surface area contributed by atoms with E-state index >= 15 is 0 Å². The van der Waals surface area contributed by atoms with Crippen LogP contribution in [0.5, 0.6) is 5.75 Å². The number of methoxy groups -OCH3 is 1. The van der Waals surface area contributed by atoms with Crippen molar-refractivity contribution in [1.29, 1.82) is 0 Å².